The minimum Gasteiger partial charge on any atom is -0.261 e. The van der Waals surface area contributed by atoms with Gasteiger partial charge in [0, 0.05) is 12.3 Å². The van der Waals surface area contributed by atoms with Crippen molar-refractivity contribution >= 4 is 11.9 Å². The molecule has 1 aliphatic rings. The molecule has 1 rings (SSSR count). The summed E-state index contributed by atoms with van der Waals surface area (Å²) in [7, 11) is 0. The minimum absolute atomic E-state index is 0.346. The van der Waals surface area contributed by atoms with E-state index in [1.807, 2.05) is 0 Å². The summed E-state index contributed by atoms with van der Waals surface area (Å²) >= 11 is 1.65. The van der Waals surface area contributed by atoms with Crippen molar-refractivity contribution in [3.05, 3.63) is 0 Å². The van der Waals surface area contributed by atoms with Crippen LogP contribution in [-0.4, -0.2) is 18.4 Å². The third-order valence-electron chi connectivity index (χ3n) is 0.955. The highest BCUT2D eigenvalue weighted by molar-refractivity contribution is 7.97. The molecule has 0 aromatic rings. The van der Waals surface area contributed by atoms with Crippen LogP contribution in [-0.2, 0) is 5.11 Å². The molecule has 1 atom stereocenters. The lowest BCUT2D eigenvalue weighted by atomic mass is 10.3. The van der Waals surface area contributed by atoms with E-state index in [4.69, 9.17) is 0 Å². The van der Waals surface area contributed by atoms with Crippen molar-refractivity contribution in [1.82, 2.24) is 4.72 Å². The summed E-state index contributed by atoms with van der Waals surface area (Å²) in [5.41, 5.74) is 0. The van der Waals surface area contributed by atoms with Crippen molar-refractivity contribution in [2.75, 3.05) is 12.3 Å². The second kappa shape index (κ2) is 2.55. The molecule has 1 fully saturated rings. The molecule has 1 radical (unpaired) electrons. The molecule has 1 saturated heterocycles. The van der Waals surface area contributed by atoms with Crippen LogP contribution >= 0.6 is 11.9 Å². The fourth-order valence-electron chi connectivity index (χ4n) is 0.516. The molecule has 1 unspecified atom stereocenters. The van der Waals surface area contributed by atoms with Crippen LogP contribution in [0.2, 0.25) is 0 Å². The lowest BCUT2D eigenvalue weighted by Gasteiger charge is -2.13. The van der Waals surface area contributed by atoms with Gasteiger partial charge in [-0.3, -0.25) is 4.72 Å². The summed E-state index contributed by atoms with van der Waals surface area (Å²) in [4.78, 5) is 0. The summed E-state index contributed by atoms with van der Waals surface area (Å²) < 4.78 is 2.94. The molecule has 0 aromatic heterocycles. The average molecular weight is 118 g/mol. The van der Waals surface area contributed by atoms with Crippen molar-refractivity contribution in [3.63, 3.8) is 0 Å². The second-order valence-electron chi connectivity index (χ2n) is 1.61. The Balaban J connectivity index is 2.12. The smallest absolute Gasteiger partial charge is 0.107 e. The molecule has 1 N–H and O–H groups in total. The maximum atomic E-state index is 10.5. The zero-order valence-electron chi connectivity index (χ0n) is 4.02. The molecule has 0 saturated carbocycles. The van der Waals surface area contributed by atoms with E-state index in [-0.39, 0.29) is 6.10 Å². The van der Waals surface area contributed by atoms with Crippen LogP contribution in [0, 0.1) is 0 Å². The third-order valence-corrected chi connectivity index (χ3v) is 1.77. The van der Waals surface area contributed by atoms with Gasteiger partial charge in [-0.1, -0.05) is 11.9 Å². The first-order chi connectivity index (χ1) is 3.39. The van der Waals surface area contributed by atoms with E-state index in [9.17, 15) is 5.11 Å². The fourth-order valence-corrected chi connectivity index (χ4v) is 1.35. The zero-order chi connectivity index (χ0) is 5.11. The molecular weight excluding hydrogens is 110 g/mol. The normalized spacial score (nSPS) is 33.0. The van der Waals surface area contributed by atoms with Crippen molar-refractivity contribution in [1.29, 1.82) is 0 Å². The molecule has 1 heterocycles. The number of hydrogen-bond acceptors (Lipinski definition) is 2. The first-order valence-corrected chi connectivity index (χ1v) is 3.38. The zero-order valence-corrected chi connectivity index (χ0v) is 4.83. The molecule has 41 valence electrons. The van der Waals surface area contributed by atoms with Crippen LogP contribution in [0.15, 0.2) is 0 Å². The number of hydrogen-bond donors (Lipinski definition) is 1. The first-order valence-electron chi connectivity index (χ1n) is 2.40. The van der Waals surface area contributed by atoms with Gasteiger partial charge in [-0.2, -0.15) is 0 Å². The molecule has 0 aliphatic carbocycles. The Kier molecular flexibility index (Phi) is 1.97. The maximum Gasteiger partial charge on any atom is 0.107 e. The Morgan fingerprint density at radius 1 is 1.71 bits per heavy atom. The van der Waals surface area contributed by atoms with Gasteiger partial charge < -0.3 is 0 Å². The molecule has 0 amide bonds. The van der Waals surface area contributed by atoms with Crippen LogP contribution in [0.5, 0.6) is 0 Å². The van der Waals surface area contributed by atoms with Gasteiger partial charge in [-0.25, -0.2) is 5.11 Å². The number of nitrogens with one attached hydrogen (secondary N) is 1. The molecule has 0 bridgehead atoms. The van der Waals surface area contributed by atoms with Crippen LogP contribution < -0.4 is 4.72 Å². The lowest BCUT2D eigenvalue weighted by molar-refractivity contribution is 0.0885. The first kappa shape index (κ1) is 5.41. The van der Waals surface area contributed by atoms with Crippen LogP contribution in [0.4, 0.5) is 0 Å². The van der Waals surface area contributed by atoms with E-state index < -0.39 is 0 Å². The van der Waals surface area contributed by atoms with E-state index in [1.165, 1.54) is 0 Å². The highest BCUT2D eigenvalue weighted by atomic mass is 32.2. The topological polar surface area (TPSA) is 31.9 Å². The monoisotopic (exact) mass is 118 g/mol. The van der Waals surface area contributed by atoms with Crippen LogP contribution in [0.25, 0.3) is 0 Å². The Hall–Kier alpha value is 0.270. The second-order valence-corrected chi connectivity index (χ2v) is 2.59. The van der Waals surface area contributed by atoms with Crippen molar-refractivity contribution in [2.45, 2.75) is 12.5 Å². The van der Waals surface area contributed by atoms with Gasteiger partial charge in [0.25, 0.3) is 0 Å². The van der Waals surface area contributed by atoms with Crippen molar-refractivity contribution in [2.24, 2.45) is 0 Å². The Morgan fingerprint density at radius 3 is 2.86 bits per heavy atom. The molecular formula is C4H8NOS. The molecule has 7 heavy (non-hydrogen) atoms. The summed E-state index contributed by atoms with van der Waals surface area (Å²) in [6.45, 7) is 0.644. The van der Waals surface area contributed by atoms with E-state index >= 15 is 0 Å². The Morgan fingerprint density at radius 2 is 2.57 bits per heavy atom. The quantitative estimate of drug-likeness (QED) is 0.468. The van der Waals surface area contributed by atoms with Crippen molar-refractivity contribution < 1.29 is 5.11 Å². The highest BCUT2D eigenvalue weighted by Gasteiger charge is 2.09. The van der Waals surface area contributed by atoms with E-state index in [0.717, 1.165) is 12.2 Å². The van der Waals surface area contributed by atoms with Gasteiger partial charge in [0.15, 0.2) is 0 Å². The molecule has 0 aromatic carbocycles. The summed E-state index contributed by atoms with van der Waals surface area (Å²) in [5, 5.41) is 10.5. The average Bonchev–Trinajstić information content (AvgIpc) is 1.69. The fraction of sp³-hybridized carbons (Fsp3) is 1.00. The predicted octanol–water partition coefficient (Wildman–Crippen LogP) is 0.427. The summed E-state index contributed by atoms with van der Waals surface area (Å²) in [5.74, 6) is 0.980. The minimum atomic E-state index is -0.346. The SMILES string of the molecule is [O]C1CCSNC1. The maximum absolute atomic E-state index is 10.5. The van der Waals surface area contributed by atoms with Gasteiger partial charge in [0.2, 0.25) is 0 Å². The lowest BCUT2D eigenvalue weighted by Crippen LogP contribution is -2.26. The molecule has 2 nitrogen and oxygen atoms in total. The van der Waals surface area contributed by atoms with Gasteiger partial charge >= 0.3 is 0 Å². The molecule has 3 heteroatoms. The molecule has 1 aliphatic heterocycles. The molecule has 0 spiro atoms. The van der Waals surface area contributed by atoms with Gasteiger partial charge in [-0.15, -0.1) is 0 Å². The Bertz CT molecular complexity index is 53.7. The van der Waals surface area contributed by atoms with E-state index in [2.05, 4.69) is 4.72 Å². The summed E-state index contributed by atoms with van der Waals surface area (Å²) in [6, 6.07) is 0. The van der Waals surface area contributed by atoms with Gasteiger partial charge in [0.1, 0.15) is 6.10 Å². The van der Waals surface area contributed by atoms with Crippen LogP contribution in [0.3, 0.4) is 0 Å². The number of rotatable bonds is 0. The van der Waals surface area contributed by atoms with Gasteiger partial charge in [-0.05, 0) is 6.42 Å². The van der Waals surface area contributed by atoms with E-state index in [1.54, 1.807) is 11.9 Å². The summed E-state index contributed by atoms with van der Waals surface area (Å²) in [6.07, 6.45) is 0.485. The predicted molar refractivity (Wildman–Crippen MR) is 29.6 cm³/mol. The van der Waals surface area contributed by atoms with Crippen molar-refractivity contribution in [3.8, 4) is 0 Å². The largest absolute Gasteiger partial charge is 0.261 e. The third kappa shape index (κ3) is 1.67. The van der Waals surface area contributed by atoms with E-state index in [0.29, 0.717) is 6.54 Å². The standard InChI is InChI=1S/C4H8NOS/c6-4-1-2-7-5-3-4/h4-5H,1-3H2. The Labute approximate surface area is 47.4 Å². The van der Waals surface area contributed by atoms with Crippen LogP contribution in [0.1, 0.15) is 6.42 Å². The highest BCUT2D eigenvalue weighted by Crippen LogP contribution is 2.06. The van der Waals surface area contributed by atoms with Gasteiger partial charge in [0.05, 0.1) is 0 Å².